The van der Waals surface area contributed by atoms with Gasteiger partial charge in [0, 0.05) is 23.6 Å². The molecule has 0 atom stereocenters. The van der Waals surface area contributed by atoms with E-state index in [0.717, 1.165) is 16.3 Å². The van der Waals surface area contributed by atoms with Gasteiger partial charge in [-0.2, -0.15) is 0 Å². The van der Waals surface area contributed by atoms with E-state index in [-0.39, 0.29) is 11.4 Å². The molecule has 3 rings (SSSR count). The molecule has 0 fully saturated rings. The fraction of sp³-hybridized carbons (Fsp3) is 0. The summed E-state index contributed by atoms with van der Waals surface area (Å²) in [5.41, 5.74) is 0.658. The number of fused-ring (bicyclic) bond motifs is 1. The van der Waals surface area contributed by atoms with Gasteiger partial charge in [0.25, 0.3) is 5.69 Å². The molecular weight excluding hydrogens is 306 g/mol. The number of hydrogen-bond donors (Lipinski definition) is 0. The summed E-state index contributed by atoms with van der Waals surface area (Å²) < 4.78 is 5.05. The molecule has 5 nitrogen and oxygen atoms in total. The van der Waals surface area contributed by atoms with E-state index in [2.05, 4.69) is 11.8 Å². The van der Waals surface area contributed by atoms with E-state index in [1.807, 2.05) is 42.5 Å². The van der Waals surface area contributed by atoms with Crippen molar-refractivity contribution in [1.82, 2.24) is 0 Å². The molecule has 0 N–H and O–H groups in total. The number of hydrogen-bond acceptors (Lipinski definition) is 4. The minimum absolute atomic E-state index is 0.0726. The Hall–Kier alpha value is -3.65. The van der Waals surface area contributed by atoms with Crippen LogP contribution < -0.4 is 4.74 Å². The number of carbonyl (C=O) groups is 1. The predicted octanol–water partition coefficient (Wildman–Crippen LogP) is 3.71. The standard InChI is InChI=1S/C19H11NO4/c21-19(24-17-11-9-16(10-12-17)20(22)23)13-8-15-6-3-5-14-4-1-2-7-18(14)15/h1-7,9-12H. The maximum Gasteiger partial charge on any atom is 0.390 e. The average Bonchev–Trinajstić information content (AvgIpc) is 2.60. The monoisotopic (exact) mass is 317 g/mol. The van der Waals surface area contributed by atoms with Crippen molar-refractivity contribution in [3.8, 4) is 17.6 Å². The minimum Gasteiger partial charge on any atom is -0.417 e. The molecule has 24 heavy (non-hydrogen) atoms. The van der Waals surface area contributed by atoms with Crippen molar-refractivity contribution in [2.24, 2.45) is 0 Å². The number of ether oxygens (including phenoxy) is 1. The fourth-order valence-corrected chi connectivity index (χ4v) is 2.22. The SMILES string of the molecule is O=C(C#Cc1cccc2ccccc12)Oc1ccc([N+](=O)[O-])cc1. The first-order chi connectivity index (χ1) is 11.6. The third kappa shape index (κ3) is 3.39. The van der Waals surface area contributed by atoms with E-state index in [0.29, 0.717) is 0 Å². The van der Waals surface area contributed by atoms with Gasteiger partial charge < -0.3 is 4.74 Å². The highest BCUT2D eigenvalue weighted by Crippen LogP contribution is 2.18. The van der Waals surface area contributed by atoms with Crippen LogP contribution in [0.15, 0.2) is 66.7 Å². The number of benzene rings is 3. The normalized spacial score (nSPS) is 9.83. The van der Waals surface area contributed by atoms with Crippen molar-refractivity contribution in [1.29, 1.82) is 0 Å². The molecule has 0 saturated heterocycles. The topological polar surface area (TPSA) is 69.4 Å². The summed E-state index contributed by atoms with van der Waals surface area (Å²) in [4.78, 5) is 21.9. The van der Waals surface area contributed by atoms with Crippen LogP contribution in [0, 0.1) is 22.0 Å². The molecule has 0 aliphatic carbocycles. The summed E-state index contributed by atoms with van der Waals surface area (Å²) in [6, 6.07) is 18.6. The second-order valence-corrected chi connectivity index (χ2v) is 4.92. The van der Waals surface area contributed by atoms with E-state index >= 15 is 0 Å². The van der Waals surface area contributed by atoms with Crippen molar-refractivity contribution < 1.29 is 14.5 Å². The lowest BCUT2D eigenvalue weighted by Gasteiger charge is -2.00. The van der Waals surface area contributed by atoms with Gasteiger partial charge in [0.1, 0.15) is 5.75 Å². The van der Waals surface area contributed by atoms with Gasteiger partial charge in [-0.15, -0.1) is 0 Å². The first-order valence-corrected chi connectivity index (χ1v) is 7.09. The van der Waals surface area contributed by atoms with Crippen molar-refractivity contribution in [2.45, 2.75) is 0 Å². The number of carbonyl (C=O) groups excluding carboxylic acids is 1. The Balaban J connectivity index is 1.78. The smallest absolute Gasteiger partial charge is 0.390 e. The van der Waals surface area contributed by atoms with Crippen LogP contribution in [-0.2, 0) is 4.79 Å². The van der Waals surface area contributed by atoms with Crippen molar-refractivity contribution in [2.75, 3.05) is 0 Å². The van der Waals surface area contributed by atoms with Crippen LogP contribution in [0.3, 0.4) is 0 Å². The van der Waals surface area contributed by atoms with Gasteiger partial charge in [-0.25, -0.2) is 4.79 Å². The van der Waals surface area contributed by atoms with Gasteiger partial charge in [0.05, 0.1) is 4.92 Å². The zero-order chi connectivity index (χ0) is 16.9. The lowest BCUT2D eigenvalue weighted by Crippen LogP contribution is -2.04. The molecule has 0 aliphatic heterocycles. The lowest BCUT2D eigenvalue weighted by molar-refractivity contribution is -0.384. The van der Waals surface area contributed by atoms with Crippen LogP contribution in [0.4, 0.5) is 5.69 Å². The van der Waals surface area contributed by atoms with Gasteiger partial charge in [-0.1, -0.05) is 42.3 Å². The van der Waals surface area contributed by atoms with Crippen LogP contribution in [-0.4, -0.2) is 10.9 Å². The summed E-state index contributed by atoms with van der Waals surface area (Å²) >= 11 is 0. The number of rotatable bonds is 2. The number of non-ortho nitro benzene ring substituents is 1. The molecule has 0 radical (unpaired) electrons. The Kier molecular flexibility index (Phi) is 4.21. The molecule has 0 saturated carbocycles. The molecule has 0 aromatic heterocycles. The second-order valence-electron chi connectivity index (χ2n) is 4.92. The number of nitro benzene ring substituents is 1. The average molecular weight is 317 g/mol. The largest absolute Gasteiger partial charge is 0.417 e. The van der Waals surface area contributed by atoms with E-state index in [9.17, 15) is 14.9 Å². The molecule has 0 spiro atoms. The molecule has 0 aliphatic rings. The third-order valence-corrected chi connectivity index (χ3v) is 3.35. The molecular formula is C19H11NO4. The summed E-state index contributed by atoms with van der Waals surface area (Å²) in [5.74, 6) is 4.72. The highest BCUT2D eigenvalue weighted by atomic mass is 16.6. The van der Waals surface area contributed by atoms with Crippen molar-refractivity contribution in [3.05, 3.63) is 82.4 Å². The van der Waals surface area contributed by atoms with E-state index < -0.39 is 10.9 Å². The highest BCUT2D eigenvalue weighted by molar-refractivity contribution is 5.93. The first kappa shape index (κ1) is 15.3. The van der Waals surface area contributed by atoms with Gasteiger partial charge in [-0.3, -0.25) is 10.1 Å². The van der Waals surface area contributed by atoms with E-state index in [4.69, 9.17) is 4.74 Å². The molecule has 5 heteroatoms. The lowest BCUT2D eigenvalue weighted by atomic mass is 10.1. The summed E-state index contributed by atoms with van der Waals surface area (Å²) in [6.07, 6.45) is 0. The zero-order valence-corrected chi connectivity index (χ0v) is 12.4. The minimum atomic E-state index is -0.725. The molecule has 0 bridgehead atoms. The van der Waals surface area contributed by atoms with Crippen molar-refractivity contribution >= 4 is 22.4 Å². The molecule has 0 amide bonds. The third-order valence-electron chi connectivity index (χ3n) is 3.35. The predicted molar refractivity (Wildman–Crippen MR) is 89.6 cm³/mol. The van der Waals surface area contributed by atoms with Gasteiger partial charge in [0.15, 0.2) is 0 Å². The highest BCUT2D eigenvalue weighted by Gasteiger charge is 2.06. The van der Waals surface area contributed by atoms with Crippen LogP contribution in [0.2, 0.25) is 0 Å². The summed E-state index contributed by atoms with van der Waals surface area (Å²) in [7, 11) is 0. The molecule has 3 aromatic rings. The van der Waals surface area contributed by atoms with Gasteiger partial charge in [-0.05, 0) is 29.0 Å². The maximum absolute atomic E-state index is 11.8. The summed E-state index contributed by atoms with van der Waals surface area (Å²) in [6.45, 7) is 0. The van der Waals surface area contributed by atoms with Crippen LogP contribution in [0.5, 0.6) is 5.75 Å². The van der Waals surface area contributed by atoms with Gasteiger partial charge in [0.2, 0.25) is 0 Å². The van der Waals surface area contributed by atoms with Crippen LogP contribution in [0.1, 0.15) is 5.56 Å². The zero-order valence-electron chi connectivity index (χ0n) is 12.4. The van der Waals surface area contributed by atoms with E-state index in [1.165, 1.54) is 24.3 Å². The van der Waals surface area contributed by atoms with Crippen molar-refractivity contribution in [3.63, 3.8) is 0 Å². The Morgan fingerprint density at radius 3 is 2.42 bits per heavy atom. The van der Waals surface area contributed by atoms with E-state index in [1.54, 1.807) is 0 Å². The fourth-order valence-electron chi connectivity index (χ4n) is 2.22. The van der Waals surface area contributed by atoms with Crippen LogP contribution >= 0.6 is 0 Å². The Morgan fingerprint density at radius 1 is 0.958 bits per heavy atom. The second kappa shape index (κ2) is 6.63. The number of esters is 1. The molecule has 116 valence electrons. The van der Waals surface area contributed by atoms with Crippen LogP contribution in [0.25, 0.3) is 10.8 Å². The summed E-state index contributed by atoms with van der Waals surface area (Å²) in [5, 5.41) is 12.6. The quantitative estimate of drug-likeness (QED) is 0.237. The Labute approximate surface area is 137 Å². The number of nitrogens with zero attached hydrogens (tertiary/aromatic N) is 1. The van der Waals surface area contributed by atoms with Gasteiger partial charge >= 0.3 is 5.97 Å². The Morgan fingerprint density at radius 2 is 1.67 bits per heavy atom. The maximum atomic E-state index is 11.8. The Bertz CT molecular complexity index is 976. The number of nitro groups is 1. The molecule has 0 heterocycles. The molecule has 3 aromatic carbocycles. The first-order valence-electron chi connectivity index (χ1n) is 7.09. The molecule has 0 unspecified atom stereocenters.